The van der Waals surface area contributed by atoms with Crippen LogP contribution in [0.1, 0.15) is 23.3 Å². The molecular weight excluding hydrogens is 330 g/mol. The Labute approximate surface area is 145 Å². The zero-order valence-electron chi connectivity index (χ0n) is 13.1. The van der Waals surface area contributed by atoms with E-state index in [-0.39, 0.29) is 5.69 Å². The predicted octanol–water partition coefficient (Wildman–Crippen LogP) is 3.12. The summed E-state index contributed by atoms with van der Waals surface area (Å²) in [5, 5.41) is 9.50. The fourth-order valence-corrected chi connectivity index (χ4v) is 2.96. The number of piperidine rings is 1. The molecular formula is C17H18ClN3O3. The van der Waals surface area contributed by atoms with Crippen LogP contribution in [-0.4, -0.2) is 40.7 Å². The normalized spacial score (nSPS) is 17.5. The lowest BCUT2D eigenvalue weighted by Gasteiger charge is -2.33. The number of hydrogen-bond donors (Lipinski definition) is 1. The fraction of sp³-hybridized carbons (Fsp3) is 0.353. The second kappa shape index (κ2) is 7.49. The number of carboxylic acid groups (broad SMARTS) is 1. The molecule has 0 amide bonds. The summed E-state index contributed by atoms with van der Waals surface area (Å²) in [5.74, 6) is 0.680. The third kappa shape index (κ3) is 3.94. The molecule has 0 aliphatic carbocycles. The fourth-order valence-electron chi connectivity index (χ4n) is 2.77. The Balaban J connectivity index is 1.60. The van der Waals surface area contributed by atoms with Gasteiger partial charge in [-0.25, -0.2) is 14.8 Å². The van der Waals surface area contributed by atoms with Crippen LogP contribution in [0.3, 0.4) is 0 Å². The Morgan fingerprint density at radius 3 is 2.88 bits per heavy atom. The van der Waals surface area contributed by atoms with Gasteiger partial charge in [0.1, 0.15) is 11.6 Å². The summed E-state index contributed by atoms with van der Waals surface area (Å²) in [7, 11) is 0. The SMILES string of the molecule is O=C(O)c1cnc(N2CCCC(COc3ccccc3Cl)C2)cn1. The maximum atomic E-state index is 10.8. The molecule has 1 saturated heterocycles. The number of anilines is 1. The van der Waals surface area contributed by atoms with Crippen molar-refractivity contribution < 1.29 is 14.6 Å². The summed E-state index contributed by atoms with van der Waals surface area (Å²) >= 11 is 6.11. The molecule has 0 bridgehead atoms. The number of benzene rings is 1. The maximum Gasteiger partial charge on any atom is 0.356 e. The molecule has 0 saturated carbocycles. The van der Waals surface area contributed by atoms with Crippen LogP contribution in [0.4, 0.5) is 5.82 Å². The van der Waals surface area contributed by atoms with Gasteiger partial charge in [-0.15, -0.1) is 0 Å². The highest BCUT2D eigenvalue weighted by molar-refractivity contribution is 6.32. The van der Waals surface area contributed by atoms with Crippen molar-refractivity contribution in [1.29, 1.82) is 0 Å². The lowest BCUT2D eigenvalue weighted by molar-refractivity contribution is 0.0690. The van der Waals surface area contributed by atoms with Crippen molar-refractivity contribution in [3.8, 4) is 5.75 Å². The third-order valence-electron chi connectivity index (χ3n) is 4.01. The van der Waals surface area contributed by atoms with Gasteiger partial charge >= 0.3 is 5.97 Å². The molecule has 1 fully saturated rings. The smallest absolute Gasteiger partial charge is 0.356 e. The number of rotatable bonds is 5. The molecule has 6 nitrogen and oxygen atoms in total. The van der Waals surface area contributed by atoms with Gasteiger partial charge in [0.15, 0.2) is 5.69 Å². The number of carboxylic acids is 1. The molecule has 1 aliphatic rings. The van der Waals surface area contributed by atoms with E-state index < -0.39 is 5.97 Å². The van der Waals surface area contributed by atoms with Crippen molar-refractivity contribution in [2.75, 3.05) is 24.6 Å². The average Bonchev–Trinajstić information content (AvgIpc) is 2.61. The molecule has 1 aliphatic heterocycles. The van der Waals surface area contributed by atoms with E-state index in [0.29, 0.717) is 29.1 Å². The minimum absolute atomic E-state index is 0.0469. The Hall–Kier alpha value is -2.34. The molecule has 126 valence electrons. The summed E-state index contributed by atoms with van der Waals surface area (Å²) in [6, 6.07) is 7.44. The topological polar surface area (TPSA) is 75.5 Å². The zero-order valence-corrected chi connectivity index (χ0v) is 13.8. The minimum atomic E-state index is -1.07. The molecule has 2 aromatic rings. The van der Waals surface area contributed by atoms with Gasteiger partial charge in [0.2, 0.25) is 0 Å². The van der Waals surface area contributed by atoms with Gasteiger partial charge in [-0.2, -0.15) is 0 Å². The highest BCUT2D eigenvalue weighted by Gasteiger charge is 2.22. The highest BCUT2D eigenvalue weighted by atomic mass is 35.5. The third-order valence-corrected chi connectivity index (χ3v) is 4.32. The van der Waals surface area contributed by atoms with Crippen LogP contribution in [0.25, 0.3) is 0 Å². The van der Waals surface area contributed by atoms with E-state index in [4.69, 9.17) is 21.4 Å². The molecule has 7 heteroatoms. The minimum Gasteiger partial charge on any atom is -0.492 e. The van der Waals surface area contributed by atoms with Crippen molar-refractivity contribution in [2.45, 2.75) is 12.8 Å². The Kier molecular flexibility index (Phi) is 5.15. The summed E-state index contributed by atoms with van der Waals surface area (Å²) in [4.78, 5) is 21.1. The molecule has 1 aromatic heterocycles. The van der Waals surface area contributed by atoms with Gasteiger partial charge < -0.3 is 14.7 Å². The molecule has 1 atom stereocenters. The first kappa shape index (κ1) is 16.5. The van der Waals surface area contributed by atoms with E-state index in [1.54, 1.807) is 0 Å². The molecule has 1 N–H and O–H groups in total. The number of aromatic nitrogens is 2. The summed E-state index contributed by atoms with van der Waals surface area (Å²) in [5.41, 5.74) is -0.0469. The Morgan fingerprint density at radius 1 is 1.33 bits per heavy atom. The van der Waals surface area contributed by atoms with E-state index in [2.05, 4.69) is 14.9 Å². The first-order chi connectivity index (χ1) is 11.6. The quantitative estimate of drug-likeness (QED) is 0.895. The monoisotopic (exact) mass is 347 g/mol. The van der Waals surface area contributed by atoms with Gasteiger partial charge in [-0.05, 0) is 25.0 Å². The molecule has 3 rings (SSSR count). The van der Waals surface area contributed by atoms with Gasteiger partial charge in [0.25, 0.3) is 0 Å². The van der Waals surface area contributed by atoms with E-state index in [1.807, 2.05) is 24.3 Å². The van der Waals surface area contributed by atoms with Crippen LogP contribution in [0.15, 0.2) is 36.7 Å². The molecule has 1 unspecified atom stereocenters. The lowest BCUT2D eigenvalue weighted by Crippen LogP contribution is -2.38. The number of nitrogens with zero attached hydrogens (tertiary/aromatic N) is 3. The van der Waals surface area contributed by atoms with Crippen molar-refractivity contribution in [3.63, 3.8) is 0 Å². The van der Waals surface area contributed by atoms with Crippen LogP contribution in [-0.2, 0) is 0 Å². The molecule has 1 aromatic carbocycles. The van der Waals surface area contributed by atoms with E-state index in [9.17, 15) is 4.79 Å². The second-order valence-corrected chi connectivity index (χ2v) is 6.17. The molecule has 0 radical (unpaired) electrons. The zero-order chi connectivity index (χ0) is 16.9. The molecule has 24 heavy (non-hydrogen) atoms. The number of carbonyl (C=O) groups is 1. The van der Waals surface area contributed by atoms with Gasteiger partial charge in [-0.1, -0.05) is 23.7 Å². The lowest BCUT2D eigenvalue weighted by atomic mass is 9.99. The van der Waals surface area contributed by atoms with Gasteiger partial charge in [-0.3, -0.25) is 0 Å². The van der Waals surface area contributed by atoms with Crippen LogP contribution < -0.4 is 9.64 Å². The van der Waals surface area contributed by atoms with Crippen LogP contribution in [0.5, 0.6) is 5.75 Å². The van der Waals surface area contributed by atoms with E-state index in [0.717, 1.165) is 25.9 Å². The maximum absolute atomic E-state index is 10.8. The van der Waals surface area contributed by atoms with Crippen LogP contribution >= 0.6 is 11.6 Å². The van der Waals surface area contributed by atoms with Crippen molar-refractivity contribution in [2.24, 2.45) is 5.92 Å². The van der Waals surface area contributed by atoms with Crippen molar-refractivity contribution >= 4 is 23.4 Å². The summed E-state index contributed by atoms with van der Waals surface area (Å²) in [6.07, 6.45) is 4.91. The average molecular weight is 348 g/mol. The van der Waals surface area contributed by atoms with Gasteiger partial charge in [0, 0.05) is 19.0 Å². The summed E-state index contributed by atoms with van der Waals surface area (Å²) < 4.78 is 5.84. The molecule has 0 spiro atoms. The van der Waals surface area contributed by atoms with Crippen molar-refractivity contribution in [3.05, 3.63) is 47.4 Å². The first-order valence-corrected chi connectivity index (χ1v) is 8.19. The molecule has 2 heterocycles. The standard InChI is InChI=1S/C17H18ClN3O3/c18-13-5-1-2-6-15(13)24-11-12-4-3-7-21(10-12)16-9-19-14(8-20-16)17(22)23/h1-2,5-6,8-9,12H,3-4,7,10-11H2,(H,22,23). The predicted molar refractivity (Wildman–Crippen MR) is 90.9 cm³/mol. The number of ether oxygens (including phenoxy) is 1. The number of hydrogen-bond acceptors (Lipinski definition) is 5. The summed E-state index contributed by atoms with van der Waals surface area (Å²) in [6.45, 7) is 2.26. The number of para-hydroxylation sites is 1. The van der Waals surface area contributed by atoms with E-state index >= 15 is 0 Å². The number of halogens is 1. The first-order valence-electron chi connectivity index (χ1n) is 7.81. The number of aromatic carboxylic acids is 1. The highest BCUT2D eigenvalue weighted by Crippen LogP contribution is 2.26. The Bertz CT molecular complexity index is 708. The van der Waals surface area contributed by atoms with Crippen molar-refractivity contribution in [1.82, 2.24) is 9.97 Å². The van der Waals surface area contributed by atoms with Crippen LogP contribution in [0.2, 0.25) is 5.02 Å². The largest absolute Gasteiger partial charge is 0.492 e. The second-order valence-electron chi connectivity index (χ2n) is 5.76. The Morgan fingerprint density at radius 2 is 2.17 bits per heavy atom. The van der Waals surface area contributed by atoms with Gasteiger partial charge in [0.05, 0.1) is 24.0 Å². The van der Waals surface area contributed by atoms with Crippen LogP contribution in [0, 0.1) is 5.92 Å². The van der Waals surface area contributed by atoms with E-state index in [1.165, 1.54) is 12.4 Å².